The van der Waals surface area contributed by atoms with Gasteiger partial charge in [0.1, 0.15) is 5.82 Å². The summed E-state index contributed by atoms with van der Waals surface area (Å²) in [6, 6.07) is 8.29. The minimum Gasteiger partial charge on any atom is -0.306 e. The summed E-state index contributed by atoms with van der Waals surface area (Å²) < 4.78 is 0. The Morgan fingerprint density at radius 1 is 0.957 bits per heavy atom. The van der Waals surface area contributed by atoms with E-state index < -0.39 is 0 Å². The fraction of sp³-hybridized carbons (Fsp3) is 0.263. The second kappa shape index (κ2) is 5.90. The molecule has 0 radical (unpaired) electrons. The number of H-pyrrole nitrogens is 1. The highest BCUT2D eigenvalue weighted by Gasteiger charge is 2.11. The zero-order chi connectivity index (χ0) is 16.7. The predicted octanol–water partition coefficient (Wildman–Crippen LogP) is 3.76. The Morgan fingerprint density at radius 2 is 1.61 bits per heavy atom. The first kappa shape index (κ1) is 15.9. The molecule has 0 saturated heterocycles. The molecule has 3 rings (SSSR count). The lowest BCUT2D eigenvalue weighted by Gasteiger charge is -2.10. The van der Waals surface area contributed by atoms with E-state index in [4.69, 9.17) is 4.98 Å². The summed E-state index contributed by atoms with van der Waals surface area (Å²) in [5.41, 5.74) is 6.37. The Labute approximate surface area is 138 Å². The van der Waals surface area contributed by atoms with Gasteiger partial charge in [0, 0.05) is 5.56 Å². The van der Waals surface area contributed by atoms with E-state index in [1.54, 1.807) is 0 Å². The molecule has 118 valence electrons. The van der Waals surface area contributed by atoms with Gasteiger partial charge < -0.3 is 4.98 Å². The first-order valence-electron chi connectivity index (χ1n) is 7.71. The predicted molar refractivity (Wildman–Crippen MR) is 101 cm³/mol. The maximum absolute atomic E-state index is 12.5. The van der Waals surface area contributed by atoms with Crippen LogP contribution in [0.15, 0.2) is 29.1 Å². The molecule has 1 atom stereocenters. The van der Waals surface area contributed by atoms with E-state index in [0.29, 0.717) is 19.8 Å². The number of rotatable bonds is 2. The molecule has 1 heterocycles. The monoisotopic (exact) mass is 324 g/mol. The van der Waals surface area contributed by atoms with Crippen molar-refractivity contribution in [3.05, 3.63) is 56.9 Å². The Kier molecular flexibility index (Phi) is 4.08. The van der Waals surface area contributed by atoms with Gasteiger partial charge in [-0.2, -0.15) is 0 Å². The topological polar surface area (TPSA) is 45.8 Å². The van der Waals surface area contributed by atoms with Crippen molar-refractivity contribution in [2.24, 2.45) is 0 Å². The van der Waals surface area contributed by atoms with Crippen molar-refractivity contribution in [1.82, 2.24) is 9.97 Å². The van der Waals surface area contributed by atoms with Crippen molar-refractivity contribution in [1.29, 1.82) is 0 Å². The second-order valence-corrected chi connectivity index (χ2v) is 7.16. The van der Waals surface area contributed by atoms with E-state index >= 15 is 0 Å². The molecule has 0 aliphatic heterocycles. The minimum absolute atomic E-state index is 0.0654. The van der Waals surface area contributed by atoms with Gasteiger partial charge in [-0.05, 0) is 80.1 Å². The first-order valence-corrected chi connectivity index (χ1v) is 9.21. The third-order valence-electron chi connectivity index (χ3n) is 4.50. The number of fused-ring (bicyclic) bond motifs is 1. The number of benzene rings is 2. The molecule has 0 amide bonds. The maximum atomic E-state index is 12.5. The largest absolute Gasteiger partial charge is 0.306 e. The lowest BCUT2D eigenvalue weighted by Crippen LogP contribution is -2.13. The summed E-state index contributed by atoms with van der Waals surface area (Å²) in [5.74, 6) is 0.643. The maximum Gasteiger partial charge on any atom is 0.259 e. The van der Waals surface area contributed by atoms with Gasteiger partial charge in [0.2, 0.25) is 0 Å². The Balaban J connectivity index is 2.29. The molecule has 0 aliphatic rings. The Morgan fingerprint density at radius 3 is 2.22 bits per heavy atom. The molecule has 3 aromatic rings. The Hall–Kier alpha value is -1.99. The van der Waals surface area contributed by atoms with E-state index in [-0.39, 0.29) is 5.56 Å². The third kappa shape index (κ3) is 2.82. The summed E-state index contributed by atoms with van der Waals surface area (Å²) in [7, 11) is 0.692. The van der Waals surface area contributed by atoms with Crippen LogP contribution in [0.3, 0.4) is 0 Å². The van der Waals surface area contributed by atoms with Crippen LogP contribution in [0.25, 0.3) is 22.3 Å². The highest BCUT2D eigenvalue weighted by molar-refractivity contribution is 7.46. The van der Waals surface area contributed by atoms with Gasteiger partial charge in [-0.1, -0.05) is 14.6 Å². The standard InChI is InChI=1S/C19H21N2OP/c1-10-6-14(7-11(2)13(10)4)18-20-16-9-15(23-5)8-12(3)17(16)19(22)21-18/h6-9,23H,1-5H3,(H,20,21,22). The van der Waals surface area contributed by atoms with Gasteiger partial charge in [-0.25, -0.2) is 4.98 Å². The van der Waals surface area contributed by atoms with Gasteiger partial charge in [0.25, 0.3) is 5.56 Å². The fourth-order valence-corrected chi connectivity index (χ4v) is 3.57. The number of aromatic nitrogens is 2. The summed E-state index contributed by atoms with van der Waals surface area (Å²) in [5, 5.41) is 1.92. The van der Waals surface area contributed by atoms with Crippen molar-refractivity contribution in [2.45, 2.75) is 27.7 Å². The van der Waals surface area contributed by atoms with Crippen LogP contribution in [-0.4, -0.2) is 16.6 Å². The highest BCUT2D eigenvalue weighted by Crippen LogP contribution is 2.23. The average molecular weight is 324 g/mol. The van der Waals surface area contributed by atoms with Crippen molar-refractivity contribution in [2.75, 3.05) is 6.66 Å². The van der Waals surface area contributed by atoms with Crippen LogP contribution < -0.4 is 10.9 Å². The van der Waals surface area contributed by atoms with E-state index in [2.05, 4.69) is 50.6 Å². The first-order chi connectivity index (χ1) is 10.9. The van der Waals surface area contributed by atoms with Crippen molar-refractivity contribution >= 4 is 24.8 Å². The molecule has 0 spiro atoms. The highest BCUT2D eigenvalue weighted by atomic mass is 31.1. The quantitative estimate of drug-likeness (QED) is 0.730. The number of hydrogen-bond donors (Lipinski definition) is 1. The van der Waals surface area contributed by atoms with Crippen LogP contribution >= 0.6 is 8.58 Å². The average Bonchev–Trinajstić information content (AvgIpc) is 2.51. The molecule has 23 heavy (non-hydrogen) atoms. The van der Waals surface area contributed by atoms with Gasteiger partial charge >= 0.3 is 0 Å². The molecule has 0 fully saturated rings. The summed E-state index contributed by atoms with van der Waals surface area (Å²) in [6.45, 7) is 10.4. The normalized spacial score (nSPS) is 11.7. The zero-order valence-electron chi connectivity index (χ0n) is 14.2. The van der Waals surface area contributed by atoms with Crippen molar-refractivity contribution < 1.29 is 0 Å². The van der Waals surface area contributed by atoms with Crippen molar-refractivity contribution in [3.63, 3.8) is 0 Å². The smallest absolute Gasteiger partial charge is 0.259 e. The van der Waals surface area contributed by atoms with Crippen LogP contribution in [0.1, 0.15) is 22.3 Å². The number of hydrogen-bond acceptors (Lipinski definition) is 2. The molecule has 0 saturated carbocycles. The summed E-state index contributed by atoms with van der Waals surface area (Å²) >= 11 is 0. The van der Waals surface area contributed by atoms with Crippen LogP contribution in [0.5, 0.6) is 0 Å². The molecule has 1 N–H and O–H groups in total. The summed E-state index contributed by atoms with van der Waals surface area (Å²) in [4.78, 5) is 20.2. The molecule has 1 aromatic heterocycles. The number of aromatic amines is 1. The summed E-state index contributed by atoms with van der Waals surface area (Å²) in [6.07, 6.45) is 0. The molecular formula is C19H21N2OP. The van der Waals surface area contributed by atoms with Gasteiger partial charge in [0.15, 0.2) is 0 Å². The van der Waals surface area contributed by atoms with Crippen LogP contribution in [0.4, 0.5) is 0 Å². The Bertz CT molecular complexity index is 950. The van der Waals surface area contributed by atoms with Gasteiger partial charge in [-0.15, -0.1) is 0 Å². The van der Waals surface area contributed by atoms with E-state index in [1.807, 2.05) is 13.0 Å². The molecule has 3 nitrogen and oxygen atoms in total. The van der Waals surface area contributed by atoms with Gasteiger partial charge in [-0.3, -0.25) is 4.79 Å². The van der Waals surface area contributed by atoms with Crippen LogP contribution in [0.2, 0.25) is 0 Å². The van der Waals surface area contributed by atoms with E-state index in [0.717, 1.165) is 16.6 Å². The van der Waals surface area contributed by atoms with Crippen LogP contribution in [0, 0.1) is 27.7 Å². The molecule has 0 aliphatic carbocycles. The zero-order valence-corrected chi connectivity index (χ0v) is 15.2. The van der Waals surface area contributed by atoms with Gasteiger partial charge in [0.05, 0.1) is 10.9 Å². The number of nitrogens with one attached hydrogen (secondary N) is 1. The number of aryl methyl sites for hydroxylation is 3. The third-order valence-corrected chi connectivity index (χ3v) is 5.36. The molecule has 4 heteroatoms. The van der Waals surface area contributed by atoms with E-state index in [9.17, 15) is 4.79 Å². The lowest BCUT2D eigenvalue weighted by atomic mass is 10.00. The second-order valence-electron chi connectivity index (χ2n) is 6.09. The molecule has 1 unspecified atom stereocenters. The van der Waals surface area contributed by atoms with Crippen LogP contribution in [-0.2, 0) is 0 Å². The fourth-order valence-electron chi connectivity index (χ4n) is 2.92. The molecule has 0 bridgehead atoms. The molecular weight excluding hydrogens is 303 g/mol. The lowest BCUT2D eigenvalue weighted by molar-refractivity contribution is 1.16. The van der Waals surface area contributed by atoms with Crippen molar-refractivity contribution in [3.8, 4) is 11.4 Å². The SMILES string of the molecule is CPc1cc(C)c2c(=O)[nH]c(-c3cc(C)c(C)c(C)c3)nc2c1. The minimum atomic E-state index is -0.0654. The van der Waals surface area contributed by atoms with E-state index in [1.165, 1.54) is 22.0 Å². The number of nitrogens with zero attached hydrogens (tertiary/aromatic N) is 1. The molecule has 2 aromatic carbocycles.